The molecule has 0 bridgehead atoms. The number of rotatable bonds is 11. The molecule has 262 valence electrons. The highest BCUT2D eigenvalue weighted by molar-refractivity contribution is 5.96. The van der Waals surface area contributed by atoms with Crippen LogP contribution in [0.5, 0.6) is 0 Å². The molecule has 2 saturated heterocycles. The van der Waals surface area contributed by atoms with E-state index in [9.17, 15) is 23.2 Å². The number of carbonyl (C=O) groups excluding carboxylic acids is 2. The number of nitrogens with zero attached hydrogens (tertiary/aromatic N) is 7. The van der Waals surface area contributed by atoms with E-state index < -0.39 is 5.92 Å². The van der Waals surface area contributed by atoms with Crippen LogP contribution >= 0.6 is 0 Å². The Morgan fingerprint density at radius 3 is 2.58 bits per heavy atom. The molecule has 4 aromatic heterocycles. The topological polar surface area (TPSA) is 118 Å². The van der Waals surface area contributed by atoms with Gasteiger partial charge in [0, 0.05) is 82.1 Å². The van der Waals surface area contributed by atoms with E-state index in [4.69, 9.17) is 4.74 Å². The predicted octanol–water partition coefficient (Wildman–Crippen LogP) is 3.82. The maximum absolute atomic E-state index is 14.3. The molecule has 0 atom stereocenters. The lowest BCUT2D eigenvalue weighted by molar-refractivity contribution is -0.107. The Bertz CT molecular complexity index is 1950. The predicted molar refractivity (Wildman–Crippen MR) is 186 cm³/mol. The molecular weight excluding hydrogens is 646 g/mol. The first-order valence-electron chi connectivity index (χ1n) is 16.9. The number of fused-ring (bicyclic) bond motifs is 1. The zero-order valence-corrected chi connectivity index (χ0v) is 28.1. The zero-order chi connectivity index (χ0) is 35.0. The zero-order valence-electron chi connectivity index (χ0n) is 28.1. The molecular formula is C36H40F2N8O4. The molecule has 4 aromatic rings. The monoisotopic (exact) mass is 686 g/mol. The summed E-state index contributed by atoms with van der Waals surface area (Å²) in [6.07, 6.45) is 5.91. The molecule has 0 aromatic carbocycles. The third kappa shape index (κ3) is 6.64. The molecule has 1 N–H and O–H groups in total. The van der Waals surface area contributed by atoms with Crippen LogP contribution in [0.25, 0.3) is 11.1 Å². The Morgan fingerprint density at radius 1 is 1.10 bits per heavy atom. The van der Waals surface area contributed by atoms with Crippen molar-refractivity contribution in [3.63, 3.8) is 0 Å². The number of anilines is 4. The Balaban J connectivity index is 1.09. The average molecular weight is 687 g/mol. The molecule has 1 amide bonds. The van der Waals surface area contributed by atoms with Gasteiger partial charge in [-0.2, -0.15) is 0 Å². The Kier molecular flexibility index (Phi) is 9.23. The average Bonchev–Trinajstić information content (AvgIpc) is 3.39. The van der Waals surface area contributed by atoms with E-state index in [1.54, 1.807) is 31.6 Å². The Hall–Kier alpha value is -4.95. The number of nitrogens with one attached hydrogen (secondary N) is 1. The van der Waals surface area contributed by atoms with Crippen LogP contribution in [0.4, 0.5) is 31.8 Å². The second-order valence-corrected chi connectivity index (χ2v) is 13.3. The van der Waals surface area contributed by atoms with Gasteiger partial charge in [-0.1, -0.05) is 0 Å². The summed E-state index contributed by atoms with van der Waals surface area (Å²) in [5, 5.41) is 3.14. The van der Waals surface area contributed by atoms with E-state index in [-0.39, 0.29) is 48.6 Å². The van der Waals surface area contributed by atoms with Crippen LogP contribution in [-0.4, -0.2) is 94.6 Å². The molecule has 0 spiro atoms. The highest BCUT2D eigenvalue weighted by Gasteiger charge is 2.36. The van der Waals surface area contributed by atoms with Crippen LogP contribution in [0.3, 0.4) is 0 Å². The number of alkyl halides is 2. The van der Waals surface area contributed by atoms with Crippen LogP contribution in [0.2, 0.25) is 0 Å². The summed E-state index contributed by atoms with van der Waals surface area (Å²) >= 11 is 0. The summed E-state index contributed by atoms with van der Waals surface area (Å²) in [6.45, 7) is 7.58. The van der Waals surface area contributed by atoms with Crippen LogP contribution in [0, 0.1) is 6.92 Å². The second kappa shape index (κ2) is 13.8. The van der Waals surface area contributed by atoms with Gasteiger partial charge < -0.3 is 24.1 Å². The Labute approximate surface area is 288 Å². The summed E-state index contributed by atoms with van der Waals surface area (Å²) in [4.78, 5) is 53.1. The van der Waals surface area contributed by atoms with Crippen LogP contribution in [0.1, 0.15) is 33.7 Å². The van der Waals surface area contributed by atoms with Gasteiger partial charge in [0.15, 0.2) is 6.29 Å². The van der Waals surface area contributed by atoms with Crippen LogP contribution in [-0.2, 0) is 36.0 Å². The lowest BCUT2D eigenvalue weighted by atomic mass is 9.94. The highest BCUT2D eigenvalue weighted by atomic mass is 19.3. The molecule has 0 saturated carbocycles. The van der Waals surface area contributed by atoms with Crippen molar-refractivity contribution in [1.82, 2.24) is 24.0 Å². The third-order valence-electron chi connectivity index (χ3n) is 10.1. The molecule has 12 nitrogen and oxygen atoms in total. The number of hydrogen-bond acceptors (Lipinski definition) is 9. The van der Waals surface area contributed by atoms with E-state index in [1.807, 2.05) is 29.7 Å². The van der Waals surface area contributed by atoms with E-state index in [0.29, 0.717) is 47.8 Å². The first kappa shape index (κ1) is 33.5. The number of amides is 1. The molecule has 3 aliphatic rings. The van der Waals surface area contributed by atoms with Gasteiger partial charge in [0.1, 0.15) is 17.3 Å². The summed E-state index contributed by atoms with van der Waals surface area (Å²) in [5.41, 5.74) is 4.48. The number of carbonyl (C=O) groups is 2. The number of ether oxygens (including phenoxy) is 1. The summed E-state index contributed by atoms with van der Waals surface area (Å²) in [6, 6.07) is 9.57. The number of pyridine rings is 3. The molecule has 6 heterocycles. The normalized spacial score (nSPS) is 17.6. The number of aromatic nitrogens is 4. The van der Waals surface area contributed by atoms with Gasteiger partial charge in [-0.05, 0) is 54.8 Å². The van der Waals surface area contributed by atoms with Gasteiger partial charge in [0.2, 0.25) is 6.41 Å². The standard InChI is InChI=1S/C36H40F2N8O4/c1-24-15-25-5-7-36(37,38)17-32(25)46(24)14-13-45(23-48)34-30(20-47)29(6-8-39-34)26-16-31(35(49)42(2)19-26)41-33-4-3-27(18-40-33)43-9-11-44(12-10-43)28-21-50-22-28/h3-4,6,8,15-16,18-20,23,28H,5,7,9-14,17,21-22H2,1-2H3,(H,40,41). The van der Waals surface area contributed by atoms with E-state index in [2.05, 4.69) is 25.1 Å². The maximum atomic E-state index is 14.3. The molecule has 50 heavy (non-hydrogen) atoms. The molecule has 2 fully saturated rings. The van der Waals surface area contributed by atoms with Crippen molar-refractivity contribution in [3.8, 4) is 11.1 Å². The van der Waals surface area contributed by atoms with Crippen molar-refractivity contribution in [2.45, 2.75) is 44.7 Å². The molecule has 7 rings (SSSR count). The quantitative estimate of drug-likeness (QED) is 0.235. The molecule has 0 radical (unpaired) electrons. The minimum absolute atomic E-state index is 0.112. The van der Waals surface area contributed by atoms with Gasteiger partial charge >= 0.3 is 0 Å². The molecule has 1 aliphatic carbocycles. The molecule has 14 heteroatoms. The number of halogens is 2. The SMILES string of the molecule is Cc1cc2c(n1CCN(C=O)c1nccc(-c3cc(Nc4ccc(N5CCN(C6COC6)CC5)cn4)c(=O)n(C)c3)c1C=O)CC(F)(F)CC2. The smallest absolute Gasteiger partial charge is 0.274 e. The first-order chi connectivity index (χ1) is 24.1. The van der Waals surface area contributed by atoms with Gasteiger partial charge in [-0.3, -0.25) is 24.2 Å². The number of hydrogen-bond donors (Lipinski definition) is 1. The fourth-order valence-corrected chi connectivity index (χ4v) is 7.18. The number of aldehydes is 1. The van der Waals surface area contributed by atoms with Crippen molar-refractivity contribution in [1.29, 1.82) is 0 Å². The first-order valence-corrected chi connectivity index (χ1v) is 16.9. The fraction of sp³-hybridized carbons (Fsp3) is 0.417. The minimum atomic E-state index is -2.77. The molecule has 2 aliphatic heterocycles. The van der Waals surface area contributed by atoms with Crippen LogP contribution < -0.4 is 20.7 Å². The lowest BCUT2D eigenvalue weighted by Gasteiger charge is -2.43. The van der Waals surface area contributed by atoms with E-state index >= 15 is 0 Å². The van der Waals surface area contributed by atoms with Crippen molar-refractivity contribution < 1.29 is 23.1 Å². The fourth-order valence-electron chi connectivity index (χ4n) is 7.18. The van der Waals surface area contributed by atoms with Crippen LogP contribution in [0.15, 0.2) is 53.7 Å². The Morgan fingerprint density at radius 2 is 1.90 bits per heavy atom. The summed E-state index contributed by atoms with van der Waals surface area (Å²) < 4.78 is 37.1. The van der Waals surface area contributed by atoms with Crippen molar-refractivity contribution in [2.75, 3.05) is 61.1 Å². The third-order valence-corrected chi connectivity index (χ3v) is 10.1. The summed E-state index contributed by atoms with van der Waals surface area (Å²) in [7, 11) is 1.62. The summed E-state index contributed by atoms with van der Waals surface area (Å²) in [5.74, 6) is -2.14. The van der Waals surface area contributed by atoms with Gasteiger partial charge in [-0.15, -0.1) is 0 Å². The van der Waals surface area contributed by atoms with Crippen molar-refractivity contribution in [2.24, 2.45) is 7.05 Å². The van der Waals surface area contributed by atoms with Crippen molar-refractivity contribution in [3.05, 3.63) is 81.8 Å². The molecule has 0 unspecified atom stereocenters. The van der Waals surface area contributed by atoms with Gasteiger partial charge in [0.05, 0.1) is 43.1 Å². The van der Waals surface area contributed by atoms with Crippen molar-refractivity contribution >= 4 is 35.7 Å². The maximum Gasteiger partial charge on any atom is 0.274 e. The number of aryl methyl sites for hydroxylation is 3. The highest BCUT2D eigenvalue weighted by Crippen LogP contribution is 2.35. The number of piperazine rings is 1. The second-order valence-electron chi connectivity index (χ2n) is 13.3. The minimum Gasteiger partial charge on any atom is -0.378 e. The van der Waals surface area contributed by atoms with E-state index in [1.165, 1.54) is 15.7 Å². The lowest BCUT2D eigenvalue weighted by Crippen LogP contribution is -2.56. The van der Waals surface area contributed by atoms with Gasteiger partial charge in [0.25, 0.3) is 11.5 Å². The van der Waals surface area contributed by atoms with E-state index in [0.717, 1.165) is 56.3 Å². The largest absolute Gasteiger partial charge is 0.378 e. The van der Waals surface area contributed by atoms with Gasteiger partial charge in [-0.25, -0.2) is 18.7 Å².